The van der Waals surface area contributed by atoms with E-state index >= 15 is 0 Å². The van der Waals surface area contributed by atoms with Crippen molar-refractivity contribution in [1.29, 1.82) is 0 Å². The van der Waals surface area contributed by atoms with E-state index in [1.807, 2.05) is 12.3 Å². The van der Waals surface area contributed by atoms with Gasteiger partial charge in [0.1, 0.15) is 0 Å². The van der Waals surface area contributed by atoms with Crippen molar-refractivity contribution >= 4 is 5.91 Å². The van der Waals surface area contributed by atoms with Crippen molar-refractivity contribution in [3.63, 3.8) is 0 Å². The summed E-state index contributed by atoms with van der Waals surface area (Å²) in [5.41, 5.74) is 0. The fourth-order valence-electron chi connectivity index (χ4n) is 0.783. The monoisotopic (exact) mass is 182 g/mol. The van der Waals surface area contributed by atoms with E-state index in [9.17, 15) is 4.79 Å². The summed E-state index contributed by atoms with van der Waals surface area (Å²) in [5.74, 6) is -0.0405. The van der Waals surface area contributed by atoms with Gasteiger partial charge in [0.05, 0.1) is 0 Å². The maximum Gasteiger partial charge on any atom is 0.245 e. The number of likely N-dealkylation sites (N-methyl/N-ethyl adjacent to an activating group) is 1. The minimum Gasteiger partial charge on any atom is -0.389 e. The van der Waals surface area contributed by atoms with Gasteiger partial charge in [-0.2, -0.15) is 0 Å². The van der Waals surface area contributed by atoms with Crippen LogP contribution in [0.25, 0.3) is 0 Å². The lowest BCUT2D eigenvalue weighted by atomic mass is 10.4. The Labute approximate surface area is 80.1 Å². The van der Waals surface area contributed by atoms with Crippen LogP contribution in [0.3, 0.4) is 0 Å². The van der Waals surface area contributed by atoms with Crippen molar-refractivity contribution in [2.75, 3.05) is 20.1 Å². The quantitative estimate of drug-likeness (QED) is 0.493. The van der Waals surface area contributed by atoms with Gasteiger partial charge in [-0.1, -0.05) is 19.6 Å². The molecule has 0 fully saturated rings. The Morgan fingerprint density at radius 2 is 2.31 bits per heavy atom. The minimum absolute atomic E-state index is 0.0405. The molecule has 0 unspecified atom stereocenters. The summed E-state index contributed by atoms with van der Waals surface area (Å²) < 4.78 is 0. The maximum atomic E-state index is 11.0. The van der Waals surface area contributed by atoms with E-state index in [0.29, 0.717) is 6.54 Å². The van der Waals surface area contributed by atoms with Crippen molar-refractivity contribution < 1.29 is 4.79 Å². The Hall–Kier alpha value is -1.25. The summed E-state index contributed by atoms with van der Waals surface area (Å²) in [6.07, 6.45) is 6.29. The Bertz CT molecular complexity index is 187. The van der Waals surface area contributed by atoms with Gasteiger partial charge in [0.2, 0.25) is 5.91 Å². The zero-order chi connectivity index (χ0) is 10.1. The first kappa shape index (κ1) is 11.8. The minimum atomic E-state index is -0.0405. The van der Waals surface area contributed by atoms with Crippen LogP contribution in [-0.4, -0.2) is 30.9 Å². The second-order valence-corrected chi connectivity index (χ2v) is 2.73. The Morgan fingerprint density at radius 1 is 1.62 bits per heavy atom. The van der Waals surface area contributed by atoms with Gasteiger partial charge in [-0.05, 0) is 18.7 Å². The van der Waals surface area contributed by atoms with Crippen LogP contribution in [0, 0.1) is 0 Å². The number of hydrogen-bond donors (Lipinski definition) is 1. The number of nitrogens with one attached hydrogen (secondary N) is 1. The van der Waals surface area contributed by atoms with Gasteiger partial charge in [-0.15, -0.1) is 0 Å². The fraction of sp³-hybridized carbons (Fsp3) is 0.500. The summed E-state index contributed by atoms with van der Waals surface area (Å²) in [6.45, 7) is 6.95. The number of hydrogen-bond acceptors (Lipinski definition) is 2. The average molecular weight is 182 g/mol. The number of rotatable bonds is 6. The molecule has 0 aromatic heterocycles. The van der Waals surface area contributed by atoms with Gasteiger partial charge < -0.3 is 10.2 Å². The van der Waals surface area contributed by atoms with Gasteiger partial charge >= 0.3 is 0 Å². The highest BCUT2D eigenvalue weighted by Gasteiger charge is 2.00. The van der Waals surface area contributed by atoms with Gasteiger partial charge in [-0.25, -0.2) is 0 Å². The molecule has 0 saturated carbocycles. The predicted octanol–water partition coefficient (Wildman–Crippen LogP) is 1.14. The summed E-state index contributed by atoms with van der Waals surface area (Å²) in [6, 6.07) is 0. The Kier molecular flexibility index (Phi) is 6.69. The van der Waals surface area contributed by atoms with Crippen LogP contribution in [0.15, 0.2) is 24.9 Å². The van der Waals surface area contributed by atoms with E-state index in [1.165, 1.54) is 6.08 Å². The SMILES string of the molecule is C=CC(=O)N(C)CCN/C=C/CC. The van der Waals surface area contributed by atoms with E-state index in [1.54, 1.807) is 11.9 Å². The summed E-state index contributed by atoms with van der Waals surface area (Å²) >= 11 is 0. The standard InChI is InChI=1S/C10H18N2O/c1-4-6-7-11-8-9-12(3)10(13)5-2/h5-7,11H,2,4,8-9H2,1,3H3/b7-6+. The molecule has 0 aromatic rings. The topological polar surface area (TPSA) is 32.3 Å². The molecule has 0 radical (unpaired) electrons. The molecule has 74 valence electrons. The third-order valence-corrected chi connectivity index (χ3v) is 1.61. The number of amides is 1. The first-order chi connectivity index (χ1) is 6.22. The normalized spacial score (nSPS) is 10.0. The van der Waals surface area contributed by atoms with Crippen LogP contribution in [0.4, 0.5) is 0 Å². The molecular formula is C10H18N2O. The van der Waals surface area contributed by atoms with E-state index in [2.05, 4.69) is 18.8 Å². The third-order valence-electron chi connectivity index (χ3n) is 1.61. The zero-order valence-corrected chi connectivity index (χ0v) is 8.42. The fourth-order valence-corrected chi connectivity index (χ4v) is 0.783. The third kappa shape index (κ3) is 5.96. The van der Waals surface area contributed by atoms with Crippen molar-refractivity contribution in [3.05, 3.63) is 24.9 Å². The summed E-state index contributed by atoms with van der Waals surface area (Å²) in [5, 5.41) is 3.09. The predicted molar refractivity (Wildman–Crippen MR) is 55.3 cm³/mol. The largest absolute Gasteiger partial charge is 0.389 e. The number of allylic oxidation sites excluding steroid dienone is 1. The number of nitrogens with zero attached hydrogens (tertiary/aromatic N) is 1. The van der Waals surface area contributed by atoms with Crippen LogP contribution in [0.5, 0.6) is 0 Å². The zero-order valence-electron chi connectivity index (χ0n) is 8.42. The number of carbonyl (C=O) groups is 1. The van der Waals surface area contributed by atoms with E-state index in [4.69, 9.17) is 0 Å². The molecular weight excluding hydrogens is 164 g/mol. The first-order valence-electron chi connectivity index (χ1n) is 4.48. The first-order valence-corrected chi connectivity index (χ1v) is 4.48. The van der Waals surface area contributed by atoms with Crippen molar-refractivity contribution in [1.82, 2.24) is 10.2 Å². The lowest BCUT2D eigenvalue weighted by molar-refractivity contribution is -0.124. The highest BCUT2D eigenvalue weighted by molar-refractivity contribution is 5.86. The van der Waals surface area contributed by atoms with E-state index in [-0.39, 0.29) is 5.91 Å². The molecule has 0 heterocycles. The maximum absolute atomic E-state index is 11.0. The number of carbonyl (C=O) groups excluding carboxylic acids is 1. The van der Waals surface area contributed by atoms with Gasteiger partial charge in [-0.3, -0.25) is 4.79 Å². The lowest BCUT2D eigenvalue weighted by Gasteiger charge is -2.14. The van der Waals surface area contributed by atoms with Gasteiger partial charge in [0, 0.05) is 20.1 Å². The van der Waals surface area contributed by atoms with Gasteiger partial charge in [0.25, 0.3) is 0 Å². The summed E-state index contributed by atoms with van der Waals surface area (Å²) in [4.78, 5) is 12.6. The molecule has 0 rings (SSSR count). The second-order valence-electron chi connectivity index (χ2n) is 2.73. The highest BCUT2D eigenvalue weighted by Crippen LogP contribution is 1.83. The van der Waals surface area contributed by atoms with Crippen molar-refractivity contribution in [2.24, 2.45) is 0 Å². The molecule has 0 saturated heterocycles. The van der Waals surface area contributed by atoms with Crippen LogP contribution in [-0.2, 0) is 4.79 Å². The van der Waals surface area contributed by atoms with Crippen LogP contribution >= 0.6 is 0 Å². The Morgan fingerprint density at radius 3 is 2.85 bits per heavy atom. The molecule has 0 spiro atoms. The average Bonchev–Trinajstić information content (AvgIpc) is 2.16. The van der Waals surface area contributed by atoms with E-state index in [0.717, 1.165) is 13.0 Å². The van der Waals surface area contributed by atoms with Crippen LogP contribution < -0.4 is 5.32 Å². The molecule has 0 aliphatic heterocycles. The molecule has 0 bridgehead atoms. The molecule has 1 N–H and O–H groups in total. The molecule has 1 amide bonds. The Balaban J connectivity index is 3.47. The molecule has 0 atom stereocenters. The van der Waals surface area contributed by atoms with Gasteiger partial charge in [0.15, 0.2) is 0 Å². The van der Waals surface area contributed by atoms with Crippen molar-refractivity contribution in [3.8, 4) is 0 Å². The molecule has 3 nitrogen and oxygen atoms in total. The molecule has 3 heteroatoms. The summed E-state index contributed by atoms with van der Waals surface area (Å²) in [7, 11) is 1.76. The second kappa shape index (κ2) is 7.40. The highest BCUT2D eigenvalue weighted by atomic mass is 16.2. The smallest absolute Gasteiger partial charge is 0.245 e. The molecule has 0 aliphatic carbocycles. The molecule has 13 heavy (non-hydrogen) atoms. The van der Waals surface area contributed by atoms with Crippen LogP contribution in [0.1, 0.15) is 13.3 Å². The van der Waals surface area contributed by atoms with E-state index < -0.39 is 0 Å². The van der Waals surface area contributed by atoms with Crippen molar-refractivity contribution in [2.45, 2.75) is 13.3 Å². The van der Waals surface area contributed by atoms with Crippen LogP contribution in [0.2, 0.25) is 0 Å². The molecule has 0 aromatic carbocycles. The molecule has 0 aliphatic rings. The lowest BCUT2D eigenvalue weighted by Crippen LogP contribution is -2.31.